The molecule has 3 amide bonds. The summed E-state index contributed by atoms with van der Waals surface area (Å²) in [5, 5.41) is 9.96. The van der Waals surface area contributed by atoms with E-state index in [2.05, 4.69) is 16.0 Å². The molecule has 140 valence electrons. The van der Waals surface area contributed by atoms with Gasteiger partial charge in [-0.1, -0.05) is 48.0 Å². The van der Waals surface area contributed by atoms with Crippen LogP contribution in [0.4, 0.5) is 10.5 Å². The van der Waals surface area contributed by atoms with E-state index in [9.17, 15) is 9.59 Å². The zero-order valence-electron chi connectivity index (χ0n) is 14.8. The van der Waals surface area contributed by atoms with E-state index in [4.69, 9.17) is 11.6 Å². The molecule has 7 heteroatoms. The fourth-order valence-electron chi connectivity index (χ4n) is 3.62. The SMILES string of the molecule is O=C1NC2(CCN(C(=O)NCc3ccccc3)CC2)Nc2c(Cl)cccc21. The van der Waals surface area contributed by atoms with Crippen molar-refractivity contribution in [3.05, 3.63) is 64.7 Å². The Morgan fingerprint density at radius 3 is 2.56 bits per heavy atom. The number of benzene rings is 2. The number of halogens is 1. The molecule has 0 atom stereocenters. The van der Waals surface area contributed by atoms with Gasteiger partial charge in [-0.3, -0.25) is 4.79 Å². The van der Waals surface area contributed by atoms with Crippen molar-refractivity contribution in [3.8, 4) is 0 Å². The summed E-state index contributed by atoms with van der Waals surface area (Å²) < 4.78 is 0. The molecule has 4 rings (SSSR count). The molecule has 2 aliphatic rings. The first-order chi connectivity index (χ1) is 13.1. The van der Waals surface area contributed by atoms with Gasteiger partial charge in [0.1, 0.15) is 5.66 Å². The maximum Gasteiger partial charge on any atom is 0.317 e. The summed E-state index contributed by atoms with van der Waals surface area (Å²) >= 11 is 6.27. The Balaban J connectivity index is 1.38. The Labute approximate surface area is 162 Å². The molecule has 6 nitrogen and oxygen atoms in total. The van der Waals surface area contributed by atoms with Gasteiger partial charge in [-0.2, -0.15) is 0 Å². The zero-order valence-corrected chi connectivity index (χ0v) is 15.6. The molecule has 1 spiro atoms. The van der Waals surface area contributed by atoms with Gasteiger partial charge in [-0.05, 0) is 17.7 Å². The molecule has 3 N–H and O–H groups in total. The van der Waals surface area contributed by atoms with E-state index >= 15 is 0 Å². The van der Waals surface area contributed by atoms with Gasteiger partial charge in [-0.15, -0.1) is 0 Å². The molecule has 2 heterocycles. The van der Waals surface area contributed by atoms with Crippen LogP contribution in [0.1, 0.15) is 28.8 Å². The van der Waals surface area contributed by atoms with Gasteiger partial charge in [0.2, 0.25) is 0 Å². The highest BCUT2D eigenvalue weighted by Crippen LogP contribution is 2.35. The van der Waals surface area contributed by atoms with Crippen molar-refractivity contribution in [2.24, 2.45) is 0 Å². The van der Waals surface area contributed by atoms with Crippen molar-refractivity contribution < 1.29 is 9.59 Å². The highest BCUT2D eigenvalue weighted by atomic mass is 35.5. The van der Waals surface area contributed by atoms with Crippen molar-refractivity contribution in [2.45, 2.75) is 25.0 Å². The van der Waals surface area contributed by atoms with Crippen LogP contribution in [0.2, 0.25) is 5.02 Å². The lowest BCUT2D eigenvalue weighted by atomic mass is 9.92. The topological polar surface area (TPSA) is 73.5 Å². The lowest BCUT2D eigenvalue weighted by Crippen LogP contribution is -2.63. The maximum atomic E-state index is 12.5. The number of likely N-dealkylation sites (tertiary alicyclic amines) is 1. The number of carbonyl (C=O) groups is 2. The van der Waals surface area contributed by atoms with Crippen molar-refractivity contribution in [2.75, 3.05) is 18.4 Å². The van der Waals surface area contributed by atoms with Crippen molar-refractivity contribution in [3.63, 3.8) is 0 Å². The first-order valence-electron chi connectivity index (χ1n) is 9.02. The average Bonchev–Trinajstić information content (AvgIpc) is 2.68. The maximum absolute atomic E-state index is 12.5. The van der Waals surface area contributed by atoms with Crippen molar-refractivity contribution in [1.82, 2.24) is 15.5 Å². The number of hydrogen-bond donors (Lipinski definition) is 3. The second-order valence-electron chi connectivity index (χ2n) is 6.95. The number of fused-ring (bicyclic) bond motifs is 1. The smallest absolute Gasteiger partial charge is 0.317 e. The molecule has 2 aliphatic heterocycles. The largest absolute Gasteiger partial charge is 0.361 e. The van der Waals surface area contributed by atoms with Crippen LogP contribution in [0.3, 0.4) is 0 Å². The number of piperidine rings is 1. The number of urea groups is 1. The molecule has 0 radical (unpaired) electrons. The summed E-state index contributed by atoms with van der Waals surface area (Å²) in [5.41, 5.74) is 1.72. The predicted molar refractivity (Wildman–Crippen MR) is 105 cm³/mol. The van der Waals surface area contributed by atoms with E-state index < -0.39 is 5.66 Å². The summed E-state index contributed by atoms with van der Waals surface area (Å²) in [6.45, 7) is 1.60. The fraction of sp³-hybridized carbons (Fsp3) is 0.300. The third-order valence-electron chi connectivity index (χ3n) is 5.17. The van der Waals surface area contributed by atoms with Crippen molar-refractivity contribution >= 4 is 29.2 Å². The summed E-state index contributed by atoms with van der Waals surface area (Å²) in [6, 6.07) is 15.0. The highest BCUT2D eigenvalue weighted by Gasteiger charge is 2.41. The minimum atomic E-state index is -0.564. The quantitative estimate of drug-likeness (QED) is 0.744. The summed E-state index contributed by atoms with van der Waals surface area (Å²) in [7, 11) is 0. The Hall–Kier alpha value is -2.73. The van der Waals surface area contributed by atoms with Gasteiger partial charge >= 0.3 is 6.03 Å². The fourth-order valence-corrected chi connectivity index (χ4v) is 3.84. The minimum Gasteiger partial charge on any atom is -0.361 e. The van der Waals surface area contributed by atoms with Crippen LogP contribution in [-0.2, 0) is 6.54 Å². The number of amides is 3. The lowest BCUT2D eigenvalue weighted by Gasteiger charge is -2.46. The predicted octanol–water partition coefficient (Wildman–Crippen LogP) is 3.20. The summed E-state index contributed by atoms with van der Waals surface area (Å²) in [4.78, 5) is 26.7. The van der Waals surface area contributed by atoms with E-state index in [1.807, 2.05) is 30.3 Å². The van der Waals surface area contributed by atoms with Gasteiger partial charge < -0.3 is 20.9 Å². The molecule has 0 aliphatic carbocycles. The molecule has 27 heavy (non-hydrogen) atoms. The highest BCUT2D eigenvalue weighted by molar-refractivity contribution is 6.34. The number of hydrogen-bond acceptors (Lipinski definition) is 3. The van der Waals surface area contributed by atoms with Crippen LogP contribution in [0, 0.1) is 0 Å². The number of nitrogens with zero attached hydrogens (tertiary/aromatic N) is 1. The molecular weight excluding hydrogens is 364 g/mol. The molecule has 1 fully saturated rings. The molecular formula is C20H21ClN4O2. The summed E-state index contributed by atoms with van der Waals surface area (Å²) in [6.07, 6.45) is 1.23. The van der Waals surface area contributed by atoms with Crippen LogP contribution in [0.5, 0.6) is 0 Å². The zero-order chi connectivity index (χ0) is 18.9. The van der Waals surface area contributed by atoms with Gasteiger partial charge in [0, 0.05) is 32.5 Å². The number of para-hydroxylation sites is 1. The molecule has 0 bridgehead atoms. The monoisotopic (exact) mass is 384 g/mol. The second kappa shape index (κ2) is 7.12. The first kappa shape index (κ1) is 17.7. The van der Waals surface area contributed by atoms with E-state index in [1.165, 1.54) is 0 Å². The van der Waals surface area contributed by atoms with Crippen LogP contribution >= 0.6 is 11.6 Å². The number of nitrogens with one attached hydrogen (secondary N) is 3. The van der Waals surface area contributed by atoms with E-state index in [0.717, 1.165) is 5.56 Å². The number of rotatable bonds is 2. The van der Waals surface area contributed by atoms with Gasteiger partial charge in [0.05, 0.1) is 16.3 Å². The third-order valence-corrected chi connectivity index (χ3v) is 5.48. The third kappa shape index (κ3) is 3.57. The van der Waals surface area contributed by atoms with Crippen LogP contribution < -0.4 is 16.0 Å². The van der Waals surface area contributed by atoms with E-state index in [-0.39, 0.29) is 11.9 Å². The van der Waals surface area contributed by atoms with Gasteiger partial charge in [0.25, 0.3) is 5.91 Å². The first-order valence-corrected chi connectivity index (χ1v) is 9.40. The standard InChI is InChI=1S/C20H21ClN4O2/c21-16-8-4-7-15-17(16)23-20(24-18(15)26)9-11-25(12-10-20)19(27)22-13-14-5-2-1-3-6-14/h1-8,23H,9-13H2,(H,22,27)(H,24,26). The van der Waals surface area contributed by atoms with Crippen LogP contribution in [0.25, 0.3) is 0 Å². The molecule has 2 aromatic carbocycles. The Morgan fingerprint density at radius 1 is 1.07 bits per heavy atom. The Kier molecular flexibility index (Phi) is 4.66. The molecule has 0 unspecified atom stereocenters. The van der Waals surface area contributed by atoms with Crippen molar-refractivity contribution in [1.29, 1.82) is 0 Å². The molecule has 1 saturated heterocycles. The van der Waals surface area contributed by atoms with Gasteiger partial charge in [-0.25, -0.2) is 4.79 Å². The van der Waals surface area contributed by atoms with E-state index in [0.29, 0.717) is 48.7 Å². The number of anilines is 1. The minimum absolute atomic E-state index is 0.0886. The second-order valence-corrected chi connectivity index (χ2v) is 7.36. The number of carbonyl (C=O) groups excluding carboxylic acids is 2. The lowest BCUT2D eigenvalue weighted by molar-refractivity contribution is 0.0848. The van der Waals surface area contributed by atoms with Crippen LogP contribution in [0.15, 0.2) is 48.5 Å². The molecule has 2 aromatic rings. The Morgan fingerprint density at radius 2 is 1.81 bits per heavy atom. The Bertz CT molecular complexity index is 864. The molecule has 0 aromatic heterocycles. The van der Waals surface area contributed by atoms with E-state index in [1.54, 1.807) is 23.1 Å². The molecule has 0 saturated carbocycles. The average molecular weight is 385 g/mol. The summed E-state index contributed by atoms with van der Waals surface area (Å²) in [5.74, 6) is -0.131. The van der Waals surface area contributed by atoms with Crippen LogP contribution in [-0.4, -0.2) is 35.6 Å². The van der Waals surface area contributed by atoms with Gasteiger partial charge in [0.15, 0.2) is 0 Å². The normalized spacial score (nSPS) is 17.7.